The summed E-state index contributed by atoms with van der Waals surface area (Å²) in [6.45, 7) is 9.56. The molecule has 0 unspecified atom stereocenters. The van der Waals surface area contributed by atoms with E-state index in [9.17, 15) is 0 Å². The number of hydrogen-bond donors (Lipinski definition) is 0. The first kappa shape index (κ1) is 19.0. The number of allylic oxidation sites excluding steroid dienone is 2. The molecule has 0 spiro atoms. The smallest absolute Gasteiger partial charge is 0.0527 e. The second-order valence-electron chi connectivity index (χ2n) is 6.13. The molecule has 0 aromatic carbocycles. The summed E-state index contributed by atoms with van der Waals surface area (Å²) in [6.07, 6.45) is 15.9. The van der Waals surface area contributed by atoms with Gasteiger partial charge in [0.1, 0.15) is 0 Å². The summed E-state index contributed by atoms with van der Waals surface area (Å²) in [5.41, 5.74) is 0. The molecule has 0 nitrogen and oxygen atoms in total. The summed E-state index contributed by atoms with van der Waals surface area (Å²) < 4.78 is 0. The Kier molecular flexibility index (Phi) is 12.9. The van der Waals surface area contributed by atoms with Gasteiger partial charge in [-0.15, -0.1) is 0 Å². The van der Waals surface area contributed by atoms with Gasteiger partial charge in [-0.05, 0) is 25.7 Å². The van der Waals surface area contributed by atoms with Crippen molar-refractivity contribution in [3.05, 3.63) is 12.2 Å². The summed E-state index contributed by atoms with van der Waals surface area (Å²) in [4.78, 5) is 0. The molecule has 1 heteroatoms. The fourth-order valence-corrected chi connectivity index (χ4v) is 6.53. The molecular formula is C18H38Si. The zero-order valence-electron chi connectivity index (χ0n) is 14.1. The summed E-state index contributed by atoms with van der Waals surface area (Å²) in [5.74, 6) is 0. The van der Waals surface area contributed by atoms with Gasteiger partial charge in [-0.25, -0.2) is 0 Å². The summed E-state index contributed by atoms with van der Waals surface area (Å²) in [5, 5.41) is 0. The van der Waals surface area contributed by atoms with E-state index < -0.39 is 8.07 Å². The van der Waals surface area contributed by atoms with Gasteiger partial charge in [0.05, 0.1) is 8.07 Å². The summed E-state index contributed by atoms with van der Waals surface area (Å²) >= 11 is 0. The van der Waals surface area contributed by atoms with Crippen LogP contribution in [0.2, 0.25) is 24.2 Å². The van der Waals surface area contributed by atoms with Crippen molar-refractivity contribution in [2.45, 2.75) is 103 Å². The Bertz CT molecular complexity index is 195. The third-order valence-corrected chi connectivity index (χ3v) is 10.9. The maximum Gasteiger partial charge on any atom is 0.0527 e. The molecule has 0 rings (SSSR count). The first-order valence-corrected chi connectivity index (χ1v) is 11.7. The van der Waals surface area contributed by atoms with Crippen molar-refractivity contribution < 1.29 is 0 Å². The van der Waals surface area contributed by atoms with Gasteiger partial charge >= 0.3 is 0 Å². The SMILES string of the molecule is CCCCC/C=C\CCCCC[Si](CC)(CC)CC. The van der Waals surface area contributed by atoms with Crippen LogP contribution in [0.25, 0.3) is 0 Å². The fraction of sp³-hybridized carbons (Fsp3) is 0.889. The Hall–Kier alpha value is -0.0431. The van der Waals surface area contributed by atoms with E-state index in [1.165, 1.54) is 69.5 Å². The van der Waals surface area contributed by atoms with Crippen LogP contribution in [0.4, 0.5) is 0 Å². The highest BCUT2D eigenvalue weighted by atomic mass is 28.3. The largest absolute Gasteiger partial charge is 0.0885 e. The van der Waals surface area contributed by atoms with Crippen LogP contribution in [-0.4, -0.2) is 8.07 Å². The predicted molar refractivity (Wildman–Crippen MR) is 93.8 cm³/mol. The van der Waals surface area contributed by atoms with Crippen molar-refractivity contribution in [3.63, 3.8) is 0 Å². The molecule has 0 heterocycles. The maximum atomic E-state index is 2.43. The van der Waals surface area contributed by atoms with Crippen molar-refractivity contribution in [2.75, 3.05) is 0 Å². The van der Waals surface area contributed by atoms with Gasteiger partial charge in [-0.3, -0.25) is 0 Å². The van der Waals surface area contributed by atoms with Crippen molar-refractivity contribution in [1.29, 1.82) is 0 Å². The lowest BCUT2D eigenvalue weighted by Crippen LogP contribution is -2.30. The monoisotopic (exact) mass is 282 g/mol. The van der Waals surface area contributed by atoms with Gasteiger partial charge in [0, 0.05) is 0 Å². The van der Waals surface area contributed by atoms with Gasteiger partial charge in [0.15, 0.2) is 0 Å². The van der Waals surface area contributed by atoms with Gasteiger partial charge in [0.2, 0.25) is 0 Å². The lowest BCUT2D eigenvalue weighted by Gasteiger charge is -2.27. The number of rotatable bonds is 13. The molecule has 0 saturated heterocycles. The highest BCUT2D eigenvalue weighted by Gasteiger charge is 2.25. The normalized spacial score (nSPS) is 12.4. The molecule has 0 atom stereocenters. The number of hydrogen-bond acceptors (Lipinski definition) is 0. The number of unbranched alkanes of at least 4 members (excludes halogenated alkanes) is 6. The van der Waals surface area contributed by atoms with Gasteiger partial charge in [0.25, 0.3) is 0 Å². The van der Waals surface area contributed by atoms with E-state index in [-0.39, 0.29) is 0 Å². The average Bonchev–Trinajstić information content (AvgIpc) is 2.46. The van der Waals surface area contributed by atoms with Crippen LogP contribution >= 0.6 is 0 Å². The molecule has 19 heavy (non-hydrogen) atoms. The minimum atomic E-state index is -0.826. The molecule has 0 radical (unpaired) electrons. The molecule has 0 aliphatic heterocycles. The summed E-state index contributed by atoms with van der Waals surface area (Å²) in [6, 6.07) is 6.07. The Morgan fingerprint density at radius 1 is 0.632 bits per heavy atom. The second kappa shape index (κ2) is 13.0. The molecule has 0 N–H and O–H groups in total. The van der Waals surface area contributed by atoms with Crippen LogP contribution in [0.3, 0.4) is 0 Å². The van der Waals surface area contributed by atoms with Crippen LogP contribution < -0.4 is 0 Å². The van der Waals surface area contributed by atoms with Crippen molar-refractivity contribution in [3.8, 4) is 0 Å². The van der Waals surface area contributed by atoms with Crippen LogP contribution in [0.5, 0.6) is 0 Å². The lowest BCUT2D eigenvalue weighted by molar-refractivity contribution is 0.709. The minimum absolute atomic E-state index is 0.826. The van der Waals surface area contributed by atoms with E-state index in [2.05, 4.69) is 39.8 Å². The third kappa shape index (κ3) is 9.48. The summed E-state index contributed by atoms with van der Waals surface area (Å²) in [7, 11) is -0.826. The fourth-order valence-electron chi connectivity index (χ4n) is 2.97. The Morgan fingerprint density at radius 2 is 1.16 bits per heavy atom. The molecule has 0 saturated carbocycles. The van der Waals surface area contributed by atoms with Crippen LogP contribution in [0, 0.1) is 0 Å². The molecule has 0 aromatic rings. The Labute approximate surface area is 124 Å². The van der Waals surface area contributed by atoms with Crippen LogP contribution in [0.1, 0.15) is 79.1 Å². The van der Waals surface area contributed by atoms with Crippen LogP contribution in [0.15, 0.2) is 12.2 Å². The molecule has 0 aromatic heterocycles. The predicted octanol–water partition coefficient (Wildman–Crippen LogP) is 7.19. The maximum absolute atomic E-state index is 2.43. The average molecular weight is 283 g/mol. The van der Waals surface area contributed by atoms with Gasteiger partial charge in [-0.2, -0.15) is 0 Å². The van der Waals surface area contributed by atoms with E-state index >= 15 is 0 Å². The topological polar surface area (TPSA) is 0 Å². The third-order valence-electron chi connectivity index (χ3n) is 4.97. The minimum Gasteiger partial charge on any atom is -0.0885 e. The molecule has 114 valence electrons. The first-order valence-electron chi connectivity index (χ1n) is 8.89. The first-order chi connectivity index (χ1) is 9.24. The van der Waals surface area contributed by atoms with E-state index in [1.54, 1.807) is 6.04 Å². The van der Waals surface area contributed by atoms with Crippen molar-refractivity contribution >= 4 is 8.07 Å². The molecule has 0 bridgehead atoms. The zero-order chi connectivity index (χ0) is 14.4. The van der Waals surface area contributed by atoms with Gasteiger partial charge in [-0.1, -0.05) is 89.7 Å². The standard InChI is InChI=1S/C18H38Si/c1-5-9-10-11-12-13-14-15-16-17-18-19(6-2,7-3)8-4/h12-13H,5-11,14-18H2,1-4H3/b13-12-. The molecule has 0 fully saturated rings. The van der Waals surface area contributed by atoms with Crippen LogP contribution in [-0.2, 0) is 0 Å². The van der Waals surface area contributed by atoms with E-state index in [0.717, 1.165) is 0 Å². The van der Waals surface area contributed by atoms with E-state index in [1.807, 2.05) is 0 Å². The quantitative estimate of drug-likeness (QED) is 0.190. The molecule has 0 amide bonds. The van der Waals surface area contributed by atoms with Gasteiger partial charge < -0.3 is 0 Å². The molecular weight excluding hydrogens is 244 g/mol. The highest BCUT2D eigenvalue weighted by Crippen LogP contribution is 2.27. The van der Waals surface area contributed by atoms with Crippen molar-refractivity contribution in [2.24, 2.45) is 0 Å². The highest BCUT2D eigenvalue weighted by molar-refractivity contribution is 6.79. The van der Waals surface area contributed by atoms with Crippen molar-refractivity contribution in [1.82, 2.24) is 0 Å². The van der Waals surface area contributed by atoms with E-state index in [4.69, 9.17) is 0 Å². The Balaban J connectivity index is 3.49. The second-order valence-corrected chi connectivity index (χ2v) is 11.7. The van der Waals surface area contributed by atoms with E-state index in [0.29, 0.717) is 0 Å². The zero-order valence-corrected chi connectivity index (χ0v) is 15.1. The molecule has 0 aliphatic rings. The Morgan fingerprint density at radius 3 is 1.63 bits per heavy atom. The molecule has 0 aliphatic carbocycles. The lowest BCUT2D eigenvalue weighted by atomic mass is 10.1.